The second-order valence-corrected chi connectivity index (χ2v) is 22.6. The number of allylic oxidation sites excluding steroid dienone is 9. The number of unbranched alkanes of at least 4 members (excludes halogenated alkanes) is 29. The van der Waals surface area contributed by atoms with Crippen molar-refractivity contribution >= 4 is 19.7 Å². The lowest BCUT2D eigenvalue weighted by atomic mass is 10.0. The summed E-state index contributed by atoms with van der Waals surface area (Å²) in [5.41, 5.74) is 0. The second-order valence-electron chi connectivity index (χ2n) is 21.2. The van der Waals surface area contributed by atoms with Crippen LogP contribution in [-0.2, 0) is 27.9 Å². The van der Waals surface area contributed by atoms with Crippen LogP contribution in [0.1, 0.15) is 265 Å². The molecule has 0 rings (SSSR count). The van der Waals surface area contributed by atoms with Gasteiger partial charge in [-0.25, -0.2) is 4.57 Å². The van der Waals surface area contributed by atoms with Crippen LogP contribution in [0.5, 0.6) is 0 Å². The van der Waals surface area contributed by atoms with E-state index in [0.717, 1.165) is 96.3 Å². The minimum atomic E-state index is -4.45. The first-order valence-corrected chi connectivity index (χ1v) is 31.1. The van der Waals surface area contributed by atoms with Crippen molar-refractivity contribution in [3.8, 4) is 0 Å². The third-order valence-corrected chi connectivity index (χ3v) is 13.9. The van der Waals surface area contributed by atoms with Crippen molar-refractivity contribution in [2.24, 2.45) is 0 Å². The Balaban J connectivity index is 5.35. The highest BCUT2D eigenvalue weighted by atomic mass is 31.2. The van der Waals surface area contributed by atoms with Crippen LogP contribution < -0.4 is 5.32 Å². The largest absolute Gasteiger partial charge is 0.472 e. The molecule has 0 aliphatic rings. The van der Waals surface area contributed by atoms with Crippen LogP contribution in [0.15, 0.2) is 60.8 Å². The average molecular weight is 1020 g/mol. The fraction of sp³-hybridized carbons (Fsp3) is 0.803. The molecule has 0 aromatic rings. The predicted octanol–water partition coefficient (Wildman–Crippen LogP) is 17.9. The minimum absolute atomic E-state index is 0.0341. The molecule has 0 aliphatic heterocycles. The smallest absolute Gasteiger partial charge is 0.456 e. The van der Waals surface area contributed by atoms with Crippen LogP contribution in [0.3, 0.4) is 0 Å². The molecule has 0 spiro atoms. The zero-order chi connectivity index (χ0) is 52.2. The summed E-state index contributed by atoms with van der Waals surface area (Å²) in [5, 5.41) is 3.04. The molecule has 1 amide bonds. The maximum Gasteiger partial charge on any atom is 0.472 e. The van der Waals surface area contributed by atoms with Gasteiger partial charge < -0.3 is 19.4 Å². The second kappa shape index (κ2) is 51.2. The minimum Gasteiger partial charge on any atom is -0.456 e. The number of ether oxygens (including phenoxy) is 1. The van der Waals surface area contributed by atoms with Crippen LogP contribution in [0.25, 0.3) is 0 Å². The third kappa shape index (κ3) is 52.4. The Morgan fingerprint density at radius 1 is 0.493 bits per heavy atom. The highest BCUT2D eigenvalue weighted by molar-refractivity contribution is 7.47. The molecule has 10 heteroatoms. The maximum atomic E-state index is 13.5. The van der Waals surface area contributed by atoms with Gasteiger partial charge in [0.2, 0.25) is 5.91 Å². The summed E-state index contributed by atoms with van der Waals surface area (Å²) in [6.45, 7) is 6.96. The molecule has 0 heterocycles. The molecule has 3 unspecified atom stereocenters. The van der Waals surface area contributed by atoms with Crippen molar-refractivity contribution in [3.05, 3.63) is 60.8 Å². The Morgan fingerprint density at radius 2 is 0.859 bits per heavy atom. The number of hydrogen-bond donors (Lipinski definition) is 2. The first-order valence-electron chi connectivity index (χ1n) is 29.6. The van der Waals surface area contributed by atoms with Crippen molar-refractivity contribution in [1.29, 1.82) is 0 Å². The zero-order valence-electron chi connectivity index (χ0n) is 47.2. The summed E-state index contributed by atoms with van der Waals surface area (Å²) < 4.78 is 30.6. The number of rotatable bonds is 53. The van der Waals surface area contributed by atoms with E-state index in [0.29, 0.717) is 17.4 Å². The summed E-state index contributed by atoms with van der Waals surface area (Å²) in [7, 11) is 1.48. The molecule has 71 heavy (non-hydrogen) atoms. The summed E-state index contributed by atoms with van der Waals surface area (Å²) in [5.74, 6) is -0.536. The summed E-state index contributed by atoms with van der Waals surface area (Å²) >= 11 is 0. The topological polar surface area (TPSA) is 111 Å². The predicted molar refractivity (Wildman–Crippen MR) is 305 cm³/mol. The average Bonchev–Trinajstić information content (AvgIpc) is 3.33. The van der Waals surface area contributed by atoms with Gasteiger partial charge in [-0.15, -0.1) is 0 Å². The SMILES string of the molecule is CCCCC/C=C\C/C=C\C/C=C\CCCCCCCCC(=O)OC(/C=C/CCCCCCCCCCCC)C(COP(=O)(O)OCC[N+](C)(C)C)NC(=O)CCCCC/C=C\CCCCCCCCC. The van der Waals surface area contributed by atoms with E-state index in [9.17, 15) is 19.0 Å². The molecule has 9 nitrogen and oxygen atoms in total. The fourth-order valence-corrected chi connectivity index (χ4v) is 9.03. The third-order valence-electron chi connectivity index (χ3n) is 12.9. The molecule has 0 aliphatic carbocycles. The van der Waals surface area contributed by atoms with E-state index in [-0.39, 0.29) is 31.5 Å². The first kappa shape index (κ1) is 68.7. The van der Waals surface area contributed by atoms with E-state index >= 15 is 0 Å². The van der Waals surface area contributed by atoms with E-state index in [1.165, 1.54) is 135 Å². The number of carbonyl (C=O) groups is 2. The summed E-state index contributed by atoms with van der Waals surface area (Å²) in [6.07, 6.45) is 63.5. The number of likely N-dealkylation sites (N-methyl/N-ethyl adjacent to an activating group) is 1. The van der Waals surface area contributed by atoms with Gasteiger partial charge in [0.25, 0.3) is 0 Å². The first-order chi connectivity index (χ1) is 34.4. The van der Waals surface area contributed by atoms with E-state index in [1.54, 1.807) is 0 Å². The normalized spacial score (nSPS) is 14.2. The highest BCUT2D eigenvalue weighted by Crippen LogP contribution is 2.43. The van der Waals surface area contributed by atoms with Crippen molar-refractivity contribution in [1.82, 2.24) is 5.32 Å². The standard InChI is InChI=1S/C61H113N2O7P/c1-7-10-13-16-19-22-25-28-30-31-32-33-34-36-39-42-45-48-51-54-61(65)70-59(52-49-46-43-40-37-27-24-21-18-15-12-9-3)58(57-69-71(66,67)68-56-55-63(4,5)6)62-60(64)53-50-47-44-41-38-35-29-26-23-20-17-14-11-8-2/h19,22,28,30,32-33,35,38,49,52,58-59H,7-18,20-21,23-27,29,31,34,36-37,39-48,50-51,53-57H2,1-6H3,(H-,62,64,66,67)/p+1/b22-19-,30-28-,33-32-,38-35-,52-49+. The Labute approximate surface area is 439 Å². The zero-order valence-corrected chi connectivity index (χ0v) is 48.1. The molecule has 2 N–H and O–H groups in total. The number of amides is 1. The number of phosphoric ester groups is 1. The number of esters is 1. The van der Waals surface area contributed by atoms with Gasteiger partial charge in [-0.2, -0.15) is 0 Å². The Hall–Kier alpha value is -2.29. The highest BCUT2D eigenvalue weighted by Gasteiger charge is 2.30. The molecule has 0 saturated carbocycles. The number of hydrogen-bond acceptors (Lipinski definition) is 6. The molecular weight excluding hydrogens is 904 g/mol. The maximum absolute atomic E-state index is 13.5. The lowest BCUT2D eigenvalue weighted by Crippen LogP contribution is -2.47. The van der Waals surface area contributed by atoms with E-state index in [4.69, 9.17) is 13.8 Å². The van der Waals surface area contributed by atoms with Crippen molar-refractivity contribution in [2.75, 3.05) is 40.9 Å². The van der Waals surface area contributed by atoms with E-state index in [2.05, 4.69) is 74.7 Å². The van der Waals surface area contributed by atoms with Gasteiger partial charge in [-0.1, -0.05) is 217 Å². The Morgan fingerprint density at radius 3 is 1.34 bits per heavy atom. The van der Waals surface area contributed by atoms with Crippen LogP contribution in [-0.4, -0.2) is 74.3 Å². The fourth-order valence-electron chi connectivity index (χ4n) is 8.29. The number of quaternary nitrogens is 1. The van der Waals surface area contributed by atoms with Gasteiger partial charge in [-0.05, 0) is 96.0 Å². The molecule has 0 bridgehead atoms. The Bertz CT molecular complexity index is 1400. The van der Waals surface area contributed by atoms with Gasteiger partial charge in [0.15, 0.2) is 0 Å². The molecular formula is C61H114N2O7P+. The summed E-state index contributed by atoms with van der Waals surface area (Å²) in [4.78, 5) is 37.6. The number of carbonyl (C=O) groups excluding carboxylic acids is 2. The van der Waals surface area contributed by atoms with E-state index in [1.807, 2.05) is 33.3 Å². The molecule has 414 valence electrons. The number of nitrogens with zero attached hydrogens (tertiary/aromatic N) is 1. The van der Waals surface area contributed by atoms with Crippen molar-refractivity contribution in [2.45, 2.75) is 277 Å². The van der Waals surface area contributed by atoms with Crippen LogP contribution in [0.2, 0.25) is 0 Å². The lowest BCUT2D eigenvalue weighted by Gasteiger charge is -2.27. The van der Waals surface area contributed by atoms with Crippen LogP contribution in [0.4, 0.5) is 0 Å². The molecule has 0 fully saturated rings. The van der Waals surface area contributed by atoms with Gasteiger partial charge in [0.1, 0.15) is 19.3 Å². The van der Waals surface area contributed by atoms with Gasteiger partial charge in [-0.3, -0.25) is 18.6 Å². The van der Waals surface area contributed by atoms with Gasteiger partial charge in [0, 0.05) is 12.8 Å². The quantitative estimate of drug-likeness (QED) is 0.0205. The number of nitrogens with one attached hydrogen (secondary N) is 1. The van der Waals surface area contributed by atoms with E-state index < -0.39 is 20.0 Å². The van der Waals surface area contributed by atoms with Gasteiger partial charge >= 0.3 is 13.8 Å². The van der Waals surface area contributed by atoms with Crippen LogP contribution >= 0.6 is 7.82 Å². The lowest BCUT2D eigenvalue weighted by molar-refractivity contribution is -0.870. The number of phosphoric acid groups is 1. The monoisotopic (exact) mass is 1020 g/mol. The van der Waals surface area contributed by atoms with Crippen molar-refractivity contribution < 1.29 is 37.3 Å². The molecule has 0 aromatic carbocycles. The van der Waals surface area contributed by atoms with Crippen molar-refractivity contribution in [3.63, 3.8) is 0 Å². The molecule has 3 atom stereocenters. The molecule has 0 radical (unpaired) electrons. The Kier molecular flexibility index (Phi) is 49.6. The van der Waals surface area contributed by atoms with Gasteiger partial charge in [0.05, 0.1) is 33.8 Å². The molecule has 0 saturated heterocycles. The summed E-state index contributed by atoms with van der Waals surface area (Å²) in [6, 6.07) is -0.861. The van der Waals surface area contributed by atoms with Crippen LogP contribution in [0, 0.1) is 0 Å². The molecule has 0 aromatic heterocycles.